The lowest BCUT2D eigenvalue weighted by Crippen LogP contribution is -2.42. The van der Waals surface area contributed by atoms with Crippen molar-refractivity contribution < 1.29 is 24.3 Å². The smallest absolute Gasteiger partial charge is 0.341 e. The SMILES string of the molecule is COC(=O)C(C)(O)COc1cc(Cl)ccc1[N+](=O)[O-]. The first-order valence-electron chi connectivity index (χ1n) is 5.15. The van der Waals surface area contributed by atoms with Gasteiger partial charge >= 0.3 is 11.7 Å². The summed E-state index contributed by atoms with van der Waals surface area (Å²) in [5.41, 5.74) is -2.23. The topological polar surface area (TPSA) is 98.9 Å². The molecule has 0 heterocycles. The first-order valence-corrected chi connectivity index (χ1v) is 5.53. The quantitative estimate of drug-likeness (QED) is 0.501. The number of aliphatic hydroxyl groups is 1. The van der Waals surface area contributed by atoms with Crippen LogP contribution in [0, 0.1) is 10.1 Å². The lowest BCUT2D eigenvalue weighted by Gasteiger charge is -2.20. The molecule has 0 aliphatic carbocycles. The van der Waals surface area contributed by atoms with Crippen LogP contribution in [0.25, 0.3) is 0 Å². The maximum absolute atomic E-state index is 11.2. The summed E-state index contributed by atoms with van der Waals surface area (Å²) in [5.74, 6) is -1.04. The third kappa shape index (κ3) is 3.80. The van der Waals surface area contributed by atoms with Crippen LogP contribution in [0.4, 0.5) is 5.69 Å². The van der Waals surface area contributed by atoms with E-state index in [2.05, 4.69) is 4.74 Å². The summed E-state index contributed by atoms with van der Waals surface area (Å²) >= 11 is 5.70. The number of carbonyl (C=O) groups is 1. The highest BCUT2D eigenvalue weighted by Crippen LogP contribution is 2.30. The number of halogens is 1. The van der Waals surface area contributed by atoms with Crippen LogP contribution in [0.5, 0.6) is 5.75 Å². The van der Waals surface area contributed by atoms with Gasteiger partial charge in [0.15, 0.2) is 11.4 Å². The van der Waals surface area contributed by atoms with Crippen LogP contribution in [0.3, 0.4) is 0 Å². The number of hydrogen-bond acceptors (Lipinski definition) is 6. The number of ether oxygens (including phenoxy) is 2. The monoisotopic (exact) mass is 289 g/mol. The van der Waals surface area contributed by atoms with E-state index >= 15 is 0 Å². The minimum atomic E-state index is -1.91. The predicted octanol–water partition coefficient (Wildman–Crippen LogP) is 1.55. The average Bonchev–Trinajstić information content (AvgIpc) is 2.35. The summed E-state index contributed by atoms with van der Waals surface area (Å²) in [7, 11) is 1.11. The van der Waals surface area contributed by atoms with E-state index in [1.807, 2.05) is 0 Å². The van der Waals surface area contributed by atoms with Crippen molar-refractivity contribution in [1.82, 2.24) is 0 Å². The summed E-state index contributed by atoms with van der Waals surface area (Å²) in [6.45, 7) is 0.677. The molecule has 7 nitrogen and oxygen atoms in total. The number of nitrogens with zero attached hydrogens (tertiary/aromatic N) is 1. The molecule has 8 heteroatoms. The summed E-state index contributed by atoms with van der Waals surface area (Å²) in [6, 6.07) is 3.74. The summed E-state index contributed by atoms with van der Waals surface area (Å²) in [6.07, 6.45) is 0. The largest absolute Gasteiger partial charge is 0.483 e. The van der Waals surface area contributed by atoms with Gasteiger partial charge < -0.3 is 14.6 Å². The number of nitro benzene ring substituents is 1. The second-order valence-corrected chi connectivity index (χ2v) is 4.36. The molecule has 0 bridgehead atoms. The van der Waals surface area contributed by atoms with Crippen molar-refractivity contribution in [2.24, 2.45) is 0 Å². The van der Waals surface area contributed by atoms with Crippen molar-refractivity contribution in [3.63, 3.8) is 0 Å². The maximum Gasteiger partial charge on any atom is 0.341 e. The van der Waals surface area contributed by atoms with Crippen molar-refractivity contribution in [3.05, 3.63) is 33.3 Å². The summed E-state index contributed by atoms with van der Waals surface area (Å²) < 4.78 is 9.47. The fraction of sp³-hybridized carbons (Fsp3) is 0.364. The van der Waals surface area contributed by atoms with Crippen molar-refractivity contribution in [3.8, 4) is 5.75 Å². The Balaban J connectivity index is 2.91. The van der Waals surface area contributed by atoms with Gasteiger partial charge in [-0.05, 0) is 13.0 Å². The van der Waals surface area contributed by atoms with Crippen LogP contribution in [0.15, 0.2) is 18.2 Å². The molecule has 104 valence electrons. The zero-order valence-corrected chi connectivity index (χ0v) is 11.0. The van der Waals surface area contributed by atoms with Crippen molar-refractivity contribution in [2.75, 3.05) is 13.7 Å². The van der Waals surface area contributed by atoms with Crippen molar-refractivity contribution in [1.29, 1.82) is 0 Å². The van der Waals surface area contributed by atoms with Gasteiger partial charge in [0.2, 0.25) is 0 Å². The Kier molecular flexibility index (Phi) is 4.68. The number of nitro groups is 1. The molecule has 1 atom stereocenters. The Morgan fingerprint density at radius 1 is 1.58 bits per heavy atom. The molecule has 0 spiro atoms. The average molecular weight is 290 g/mol. The third-order valence-electron chi connectivity index (χ3n) is 2.25. The van der Waals surface area contributed by atoms with Gasteiger partial charge in [0, 0.05) is 17.2 Å². The highest BCUT2D eigenvalue weighted by molar-refractivity contribution is 6.30. The molecule has 1 unspecified atom stereocenters. The first kappa shape index (κ1) is 15.2. The zero-order valence-electron chi connectivity index (χ0n) is 10.3. The summed E-state index contributed by atoms with van der Waals surface area (Å²) in [4.78, 5) is 21.4. The highest BCUT2D eigenvalue weighted by Gasteiger charge is 2.33. The molecule has 1 N–H and O–H groups in total. The standard InChI is InChI=1S/C11H12ClNO6/c1-11(15,10(14)18-2)6-19-9-5-7(12)3-4-8(9)13(16)17/h3-5,15H,6H2,1-2H3. The van der Waals surface area contributed by atoms with Crippen LogP contribution < -0.4 is 4.74 Å². The fourth-order valence-corrected chi connectivity index (χ4v) is 1.41. The molecule has 1 aromatic carbocycles. The number of rotatable bonds is 5. The summed E-state index contributed by atoms with van der Waals surface area (Å²) in [5, 5.41) is 20.8. The molecule has 0 saturated heterocycles. The second-order valence-electron chi connectivity index (χ2n) is 3.92. The van der Waals surface area contributed by atoms with E-state index in [4.69, 9.17) is 16.3 Å². The lowest BCUT2D eigenvalue weighted by molar-refractivity contribution is -0.386. The third-order valence-corrected chi connectivity index (χ3v) is 2.49. The van der Waals surface area contributed by atoms with E-state index in [1.54, 1.807) is 0 Å². The van der Waals surface area contributed by atoms with E-state index in [9.17, 15) is 20.0 Å². The molecule has 1 rings (SSSR count). The van der Waals surface area contributed by atoms with Gasteiger partial charge in [-0.3, -0.25) is 10.1 Å². The molecular weight excluding hydrogens is 278 g/mol. The Bertz CT molecular complexity index is 502. The van der Waals surface area contributed by atoms with Gasteiger partial charge in [-0.25, -0.2) is 4.79 Å². The Morgan fingerprint density at radius 3 is 2.74 bits per heavy atom. The molecule has 0 fully saturated rings. The van der Waals surface area contributed by atoms with E-state index in [1.165, 1.54) is 25.1 Å². The van der Waals surface area contributed by atoms with Crippen molar-refractivity contribution >= 4 is 23.3 Å². The van der Waals surface area contributed by atoms with Crippen LogP contribution in [-0.2, 0) is 9.53 Å². The van der Waals surface area contributed by atoms with Crippen molar-refractivity contribution in [2.45, 2.75) is 12.5 Å². The zero-order chi connectivity index (χ0) is 14.6. The highest BCUT2D eigenvalue weighted by atomic mass is 35.5. The van der Waals surface area contributed by atoms with Crippen LogP contribution in [-0.4, -0.2) is 35.3 Å². The number of hydrogen-bond donors (Lipinski definition) is 1. The fourth-order valence-electron chi connectivity index (χ4n) is 1.25. The minimum Gasteiger partial charge on any atom is -0.483 e. The van der Waals surface area contributed by atoms with Gasteiger partial charge in [0.05, 0.1) is 12.0 Å². The van der Waals surface area contributed by atoms with Crippen LogP contribution in [0.2, 0.25) is 5.02 Å². The number of methoxy groups -OCH3 is 1. The lowest BCUT2D eigenvalue weighted by atomic mass is 10.1. The number of carbonyl (C=O) groups excluding carboxylic acids is 1. The molecule has 0 aromatic heterocycles. The Morgan fingerprint density at radius 2 is 2.21 bits per heavy atom. The van der Waals surface area contributed by atoms with E-state index in [0.717, 1.165) is 7.11 Å². The molecular formula is C11H12ClNO6. The molecule has 0 saturated carbocycles. The number of benzene rings is 1. The molecule has 0 aliphatic rings. The molecule has 0 aliphatic heterocycles. The second kappa shape index (κ2) is 5.85. The Hall–Kier alpha value is -1.86. The van der Waals surface area contributed by atoms with E-state index < -0.39 is 23.1 Å². The van der Waals surface area contributed by atoms with Crippen LogP contribution >= 0.6 is 11.6 Å². The molecule has 0 radical (unpaired) electrons. The maximum atomic E-state index is 11.2. The molecule has 1 aromatic rings. The number of esters is 1. The van der Waals surface area contributed by atoms with Crippen LogP contribution in [0.1, 0.15) is 6.92 Å². The molecule has 0 amide bonds. The van der Waals surface area contributed by atoms with Gasteiger partial charge in [-0.1, -0.05) is 11.6 Å². The van der Waals surface area contributed by atoms with Gasteiger partial charge in [-0.15, -0.1) is 0 Å². The minimum absolute atomic E-state index is 0.137. The molecule has 19 heavy (non-hydrogen) atoms. The van der Waals surface area contributed by atoms with Gasteiger partial charge in [0.25, 0.3) is 0 Å². The van der Waals surface area contributed by atoms with E-state index in [-0.39, 0.29) is 16.5 Å². The first-order chi connectivity index (χ1) is 8.77. The normalized spacial score (nSPS) is 13.5. The van der Waals surface area contributed by atoms with Gasteiger partial charge in [-0.2, -0.15) is 0 Å². The Labute approximate surface area is 113 Å². The van der Waals surface area contributed by atoms with Gasteiger partial charge in [0.1, 0.15) is 6.61 Å². The predicted molar refractivity (Wildman–Crippen MR) is 66.2 cm³/mol. The van der Waals surface area contributed by atoms with E-state index in [0.29, 0.717) is 0 Å².